The van der Waals surface area contributed by atoms with Crippen LogP contribution in [0.15, 0.2) is 42.5 Å². The van der Waals surface area contributed by atoms with E-state index in [0.717, 1.165) is 23.4 Å². The molecule has 0 saturated carbocycles. The van der Waals surface area contributed by atoms with E-state index in [0.29, 0.717) is 42.0 Å². The van der Waals surface area contributed by atoms with Crippen LogP contribution in [-0.4, -0.2) is 41.2 Å². The topological polar surface area (TPSA) is 69.5 Å². The van der Waals surface area contributed by atoms with Crippen LogP contribution in [0.3, 0.4) is 0 Å². The van der Waals surface area contributed by atoms with Gasteiger partial charge < -0.3 is 14.4 Å². The molecule has 0 aliphatic rings. The number of hydrogen-bond acceptors (Lipinski definition) is 6. The van der Waals surface area contributed by atoms with Crippen LogP contribution in [0.1, 0.15) is 42.0 Å². The Bertz CT molecular complexity index is 1050. The molecule has 0 aliphatic carbocycles. The lowest BCUT2D eigenvalue weighted by atomic mass is 10.2. The Morgan fingerprint density at radius 3 is 2.47 bits per heavy atom. The van der Waals surface area contributed by atoms with Crippen LogP contribution in [0.5, 0.6) is 5.75 Å². The number of nitrogens with zero attached hydrogens (tertiary/aromatic N) is 4. The lowest BCUT2D eigenvalue weighted by molar-refractivity contribution is 0.0496. The van der Waals surface area contributed by atoms with Crippen molar-refractivity contribution >= 4 is 34.9 Å². The van der Waals surface area contributed by atoms with E-state index in [4.69, 9.17) is 32.7 Å². The van der Waals surface area contributed by atoms with Crippen molar-refractivity contribution in [3.8, 4) is 5.75 Å². The summed E-state index contributed by atoms with van der Waals surface area (Å²) in [5.41, 5.74) is 2.76. The number of aromatic nitrogens is 3. The van der Waals surface area contributed by atoms with Gasteiger partial charge in [-0.2, -0.15) is 0 Å². The number of esters is 1. The van der Waals surface area contributed by atoms with Gasteiger partial charge in [0.1, 0.15) is 5.75 Å². The fourth-order valence-corrected chi connectivity index (χ4v) is 3.48. The second kappa shape index (κ2) is 11.2. The van der Waals surface area contributed by atoms with Crippen LogP contribution >= 0.6 is 23.2 Å². The van der Waals surface area contributed by atoms with E-state index in [2.05, 4.69) is 15.2 Å². The molecule has 32 heavy (non-hydrogen) atoms. The molecule has 0 bridgehead atoms. The SMILES string of the molecule is CCCOC(=O)c1nnn(Cc2ccc(OC)cc2)c1CN(CC)c1ccc(Cl)c(Cl)c1. The van der Waals surface area contributed by atoms with Crippen LogP contribution in [0.4, 0.5) is 5.69 Å². The van der Waals surface area contributed by atoms with Gasteiger partial charge in [0.2, 0.25) is 0 Å². The Morgan fingerprint density at radius 2 is 1.84 bits per heavy atom. The fraction of sp³-hybridized carbons (Fsp3) is 0.348. The van der Waals surface area contributed by atoms with Gasteiger partial charge in [-0.1, -0.05) is 47.5 Å². The number of halogens is 2. The zero-order chi connectivity index (χ0) is 23.1. The maximum absolute atomic E-state index is 12.7. The normalized spacial score (nSPS) is 10.8. The Labute approximate surface area is 197 Å². The predicted molar refractivity (Wildman–Crippen MR) is 126 cm³/mol. The smallest absolute Gasteiger partial charge is 0.360 e. The average molecular weight is 477 g/mol. The summed E-state index contributed by atoms with van der Waals surface area (Å²) in [6, 6.07) is 13.1. The number of rotatable bonds is 10. The van der Waals surface area contributed by atoms with Gasteiger partial charge in [-0.25, -0.2) is 9.48 Å². The summed E-state index contributed by atoms with van der Waals surface area (Å²) in [5.74, 6) is 0.293. The van der Waals surface area contributed by atoms with E-state index >= 15 is 0 Å². The van der Waals surface area contributed by atoms with Crippen molar-refractivity contribution in [1.29, 1.82) is 0 Å². The Balaban J connectivity index is 1.94. The highest BCUT2D eigenvalue weighted by molar-refractivity contribution is 6.42. The highest BCUT2D eigenvalue weighted by Gasteiger charge is 2.23. The molecule has 1 aromatic heterocycles. The van der Waals surface area contributed by atoms with E-state index in [-0.39, 0.29) is 5.69 Å². The quantitative estimate of drug-likeness (QED) is 0.372. The predicted octanol–water partition coefficient (Wildman–Crippen LogP) is 5.24. The second-order valence-electron chi connectivity index (χ2n) is 7.14. The van der Waals surface area contributed by atoms with Gasteiger partial charge in [-0.05, 0) is 49.2 Å². The number of carbonyl (C=O) groups excluding carboxylic acids is 1. The molecular weight excluding hydrogens is 451 g/mol. The first-order valence-corrected chi connectivity index (χ1v) is 11.1. The Hall–Kier alpha value is -2.77. The lowest BCUT2D eigenvalue weighted by Gasteiger charge is -2.24. The molecule has 7 nitrogen and oxygen atoms in total. The molecule has 0 N–H and O–H groups in total. The third-order valence-electron chi connectivity index (χ3n) is 4.95. The molecule has 3 aromatic rings. The van der Waals surface area contributed by atoms with Crippen molar-refractivity contribution in [2.75, 3.05) is 25.2 Å². The standard InChI is InChI=1S/C23H26Cl2N4O3/c1-4-12-32-23(30)22-21(15-28(5-2)17-8-11-19(24)20(25)13-17)29(27-26-22)14-16-6-9-18(31-3)10-7-16/h6-11,13H,4-5,12,14-15H2,1-3H3. The molecular formula is C23H26Cl2N4O3. The van der Waals surface area contributed by atoms with E-state index in [1.54, 1.807) is 23.9 Å². The minimum atomic E-state index is -0.479. The molecule has 0 amide bonds. The van der Waals surface area contributed by atoms with E-state index in [1.165, 1.54) is 0 Å². The van der Waals surface area contributed by atoms with E-state index in [9.17, 15) is 4.79 Å². The van der Waals surface area contributed by atoms with E-state index in [1.807, 2.05) is 44.2 Å². The Morgan fingerprint density at radius 1 is 1.09 bits per heavy atom. The number of hydrogen-bond donors (Lipinski definition) is 0. The van der Waals surface area contributed by atoms with Crippen molar-refractivity contribution in [1.82, 2.24) is 15.0 Å². The van der Waals surface area contributed by atoms with Crippen molar-refractivity contribution in [3.05, 3.63) is 69.5 Å². The third kappa shape index (κ3) is 5.72. The van der Waals surface area contributed by atoms with Gasteiger partial charge >= 0.3 is 5.97 Å². The summed E-state index contributed by atoms with van der Waals surface area (Å²) in [5, 5.41) is 9.36. The second-order valence-corrected chi connectivity index (χ2v) is 7.95. The van der Waals surface area contributed by atoms with Gasteiger partial charge in [-0.15, -0.1) is 5.10 Å². The molecule has 2 aromatic carbocycles. The molecule has 170 valence electrons. The van der Waals surface area contributed by atoms with Crippen molar-refractivity contribution < 1.29 is 14.3 Å². The molecule has 3 rings (SSSR count). The van der Waals surface area contributed by atoms with E-state index < -0.39 is 5.97 Å². The molecule has 0 unspecified atom stereocenters. The van der Waals surface area contributed by atoms with Crippen LogP contribution in [0, 0.1) is 0 Å². The summed E-state index contributed by atoms with van der Waals surface area (Å²) in [6.07, 6.45) is 0.728. The van der Waals surface area contributed by atoms with Crippen LogP contribution in [0.25, 0.3) is 0 Å². The molecule has 0 aliphatic heterocycles. The number of carbonyl (C=O) groups is 1. The van der Waals surface area contributed by atoms with Crippen LogP contribution in [-0.2, 0) is 17.8 Å². The highest BCUT2D eigenvalue weighted by Crippen LogP contribution is 2.28. The molecule has 0 fully saturated rings. The summed E-state index contributed by atoms with van der Waals surface area (Å²) in [4.78, 5) is 14.7. The molecule has 0 spiro atoms. The lowest BCUT2D eigenvalue weighted by Crippen LogP contribution is -2.26. The highest BCUT2D eigenvalue weighted by atomic mass is 35.5. The monoisotopic (exact) mass is 476 g/mol. The maximum atomic E-state index is 12.7. The van der Waals surface area contributed by atoms with Gasteiger partial charge in [0.05, 0.1) is 42.5 Å². The molecule has 0 saturated heterocycles. The molecule has 9 heteroatoms. The van der Waals surface area contributed by atoms with Gasteiger partial charge in [-0.3, -0.25) is 0 Å². The van der Waals surface area contributed by atoms with Gasteiger partial charge in [0, 0.05) is 12.2 Å². The van der Waals surface area contributed by atoms with Gasteiger partial charge in [0.15, 0.2) is 5.69 Å². The summed E-state index contributed by atoms with van der Waals surface area (Å²) in [7, 11) is 1.63. The van der Waals surface area contributed by atoms with Crippen molar-refractivity contribution in [2.24, 2.45) is 0 Å². The minimum absolute atomic E-state index is 0.213. The summed E-state index contributed by atoms with van der Waals surface area (Å²) >= 11 is 12.3. The van der Waals surface area contributed by atoms with Crippen molar-refractivity contribution in [2.45, 2.75) is 33.4 Å². The van der Waals surface area contributed by atoms with Crippen LogP contribution < -0.4 is 9.64 Å². The minimum Gasteiger partial charge on any atom is -0.497 e. The third-order valence-corrected chi connectivity index (χ3v) is 5.69. The zero-order valence-electron chi connectivity index (χ0n) is 18.3. The molecule has 0 radical (unpaired) electrons. The first kappa shape index (κ1) is 23.9. The van der Waals surface area contributed by atoms with Crippen molar-refractivity contribution in [3.63, 3.8) is 0 Å². The summed E-state index contributed by atoms with van der Waals surface area (Å²) < 4.78 is 12.3. The fourth-order valence-electron chi connectivity index (χ4n) is 3.19. The Kier molecular flexibility index (Phi) is 8.36. The van der Waals surface area contributed by atoms with Crippen LogP contribution in [0.2, 0.25) is 10.0 Å². The molecule has 0 atom stereocenters. The average Bonchev–Trinajstić information content (AvgIpc) is 3.20. The number of anilines is 1. The first-order valence-electron chi connectivity index (χ1n) is 10.4. The van der Waals surface area contributed by atoms with Gasteiger partial charge in [0.25, 0.3) is 0 Å². The largest absolute Gasteiger partial charge is 0.497 e. The number of ether oxygens (including phenoxy) is 2. The number of methoxy groups -OCH3 is 1. The molecule has 1 heterocycles. The zero-order valence-corrected chi connectivity index (χ0v) is 19.9. The summed E-state index contributed by atoms with van der Waals surface area (Å²) in [6.45, 7) is 5.82. The maximum Gasteiger partial charge on any atom is 0.360 e. The first-order chi connectivity index (χ1) is 15.5. The number of benzene rings is 2.